The zero-order chi connectivity index (χ0) is 21.0. The lowest BCUT2D eigenvalue weighted by Gasteiger charge is -2.06. The molecule has 150 valence electrons. The first-order valence-electron chi connectivity index (χ1n) is 8.62. The van der Waals surface area contributed by atoms with Gasteiger partial charge in [0.15, 0.2) is 22.4 Å². The van der Waals surface area contributed by atoms with E-state index in [0.29, 0.717) is 27.1 Å². The number of amidine groups is 1. The third kappa shape index (κ3) is 5.16. The van der Waals surface area contributed by atoms with Gasteiger partial charge >= 0.3 is 0 Å². The fourth-order valence-corrected chi connectivity index (χ4v) is 3.65. The van der Waals surface area contributed by atoms with Gasteiger partial charge in [0.1, 0.15) is 0 Å². The molecule has 1 atom stereocenters. The summed E-state index contributed by atoms with van der Waals surface area (Å²) in [6.45, 7) is 1.82. The molecule has 2 aromatic rings. The number of benzene rings is 2. The summed E-state index contributed by atoms with van der Waals surface area (Å²) in [7, 11) is 1.45. The number of phenolic OH excluding ortho intramolecular Hbond substituents is 1. The average Bonchev–Trinajstić information content (AvgIpc) is 3.04. The van der Waals surface area contributed by atoms with Crippen LogP contribution in [0.1, 0.15) is 27.9 Å². The van der Waals surface area contributed by atoms with E-state index < -0.39 is 5.25 Å². The van der Waals surface area contributed by atoms with Crippen molar-refractivity contribution in [3.63, 3.8) is 0 Å². The van der Waals surface area contributed by atoms with Crippen molar-refractivity contribution in [2.24, 2.45) is 10.2 Å². The molecule has 9 heteroatoms. The van der Waals surface area contributed by atoms with Crippen LogP contribution in [0, 0.1) is 6.92 Å². The molecule has 0 aliphatic carbocycles. The highest BCUT2D eigenvalue weighted by molar-refractivity contribution is 8.15. The second-order valence-corrected chi connectivity index (χ2v) is 7.87. The number of carbonyl (C=O) groups is 2. The van der Waals surface area contributed by atoms with Crippen LogP contribution in [-0.4, -0.2) is 40.5 Å². The molecular formula is C20H18ClN3O4S. The van der Waals surface area contributed by atoms with E-state index >= 15 is 0 Å². The summed E-state index contributed by atoms with van der Waals surface area (Å²) in [4.78, 5) is 24.6. The Kier molecular flexibility index (Phi) is 6.56. The van der Waals surface area contributed by atoms with Crippen LogP contribution >= 0.6 is 23.4 Å². The number of aromatic hydroxyl groups is 1. The molecule has 1 unspecified atom stereocenters. The van der Waals surface area contributed by atoms with Gasteiger partial charge in [0.2, 0.25) is 5.91 Å². The number of ketones is 1. The van der Waals surface area contributed by atoms with Crippen molar-refractivity contribution in [2.75, 3.05) is 7.11 Å². The van der Waals surface area contributed by atoms with E-state index in [9.17, 15) is 14.7 Å². The van der Waals surface area contributed by atoms with Crippen molar-refractivity contribution in [1.29, 1.82) is 0 Å². The summed E-state index contributed by atoms with van der Waals surface area (Å²) < 4.78 is 5.03. The molecule has 1 heterocycles. The van der Waals surface area contributed by atoms with Crippen molar-refractivity contribution in [3.8, 4) is 11.5 Å². The number of rotatable bonds is 6. The van der Waals surface area contributed by atoms with E-state index in [2.05, 4.69) is 15.5 Å². The highest BCUT2D eigenvalue weighted by atomic mass is 35.5. The Morgan fingerprint density at radius 1 is 1.34 bits per heavy atom. The molecule has 1 fully saturated rings. The van der Waals surface area contributed by atoms with Gasteiger partial charge < -0.3 is 15.2 Å². The average molecular weight is 432 g/mol. The molecule has 0 saturated carbocycles. The third-order valence-electron chi connectivity index (χ3n) is 4.19. The molecule has 1 amide bonds. The number of aryl methyl sites for hydroxylation is 1. The number of hydrogen-bond acceptors (Lipinski definition) is 7. The zero-order valence-corrected chi connectivity index (χ0v) is 17.3. The minimum atomic E-state index is -0.568. The van der Waals surface area contributed by atoms with Gasteiger partial charge in [-0.05, 0) is 54.4 Å². The minimum Gasteiger partial charge on any atom is -0.504 e. The second-order valence-electron chi connectivity index (χ2n) is 6.27. The van der Waals surface area contributed by atoms with Crippen LogP contribution in [0.25, 0.3) is 0 Å². The first-order chi connectivity index (χ1) is 13.9. The van der Waals surface area contributed by atoms with Gasteiger partial charge in [-0.3, -0.25) is 9.59 Å². The number of Topliss-reactive ketones (excluding diaryl/α,β-unsaturated/α-hetero) is 1. The van der Waals surface area contributed by atoms with Crippen molar-refractivity contribution >= 4 is 46.4 Å². The van der Waals surface area contributed by atoms with Crippen LogP contribution in [0.15, 0.2) is 46.6 Å². The van der Waals surface area contributed by atoms with E-state index in [1.165, 1.54) is 19.4 Å². The number of halogens is 1. The Labute approximate surface area is 176 Å². The Hall–Kier alpha value is -2.84. The molecule has 0 bridgehead atoms. The highest BCUT2D eigenvalue weighted by Gasteiger charge is 2.32. The SMILES string of the molecule is COc1cc(/C=N/N=C2\NC(=O)C(CC(=O)c3ccc(Cl)c(C)c3)S2)ccc1O. The predicted octanol–water partition coefficient (Wildman–Crippen LogP) is 3.56. The van der Waals surface area contributed by atoms with Crippen molar-refractivity contribution in [3.05, 3.63) is 58.1 Å². The number of thioether (sulfide) groups is 1. The topological polar surface area (TPSA) is 100 Å². The molecule has 3 rings (SSSR count). The zero-order valence-electron chi connectivity index (χ0n) is 15.7. The summed E-state index contributed by atoms with van der Waals surface area (Å²) in [5.74, 6) is -0.0771. The number of amides is 1. The smallest absolute Gasteiger partial charge is 0.240 e. The fourth-order valence-electron chi connectivity index (χ4n) is 2.61. The third-order valence-corrected chi connectivity index (χ3v) is 5.68. The van der Waals surface area contributed by atoms with Gasteiger partial charge in [-0.2, -0.15) is 5.10 Å². The summed E-state index contributed by atoms with van der Waals surface area (Å²) >= 11 is 7.15. The Bertz CT molecular complexity index is 1020. The Morgan fingerprint density at radius 3 is 2.86 bits per heavy atom. The van der Waals surface area contributed by atoms with Gasteiger partial charge in [0.05, 0.1) is 18.6 Å². The molecule has 29 heavy (non-hydrogen) atoms. The summed E-state index contributed by atoms with van der Waals surface area (Å²) in [6, 6.07) is 9.78. The molecule has 0 aromatic heterocycles. The number of nitrogens with one attached hydrogen (secondary N) is 1. The van der Waals surface area contributed by atoms with Crippen LogP contribution in [-0.2, 0) is 4.79 Å². The van der Waals surface area contributed by atoms with E-state index in [-0.39, 0.29) is 23.9 Å². The predicted molar refractivity (Wildman–Crippen MR) is 114 cm³/mol. The molecule has 2 aromatic carbocycles. The van der Waals surface area contributed by atoms with Gasteiger partial charge in [-0.1, -0.05) is 23.4 Å². The number of ether oxygens (including phenoxy) is 1. The summed E-state index contributed by atoms with van der Waals surface area (Å²) in [6.07, 6.45) is 1.52. The number of nitrogens with zero attached hydrogens (tertiary/aromatic N) is 2. The van der Waals surface area contributed by atoms with E-state index in [1.54, 1.807) is 30.3 Å². The number of hydrogen-bond donors (Lipinski definition) is 2. The Balaban J connectivity index is 1.63. The molecule has 1 saturated heterocycles. The molecular weight excluding hydrogens is 414 g/mol. The number of phenols is 1. The first-order valence-corrected chi connectivity index (χ1v) is 9.88. The van der Waals surface area contributed by atoms with E-state index in [1.807, 2.05) is 6.92 Å². The van der Waals surface area contributed by atoms with Crippen LogP contribution in [0.4, 0.5) is 0 Å². The summed E-state index contributed by atoms with van der Waals surface area (Å²) in [5, 5.41) is 20.5. The quantitative estimate of drug-likeness (QED) is 0.414. The molecule has 7 nitrogen and oxygen atoms in total. The van der Waals surface area contributed by atoms with Crippen molar-refractivity contribution in [1.82, 2.24) is 5.32 Å². The van der Waals surface area contributed by atoms with Gasteiger partial charge in [0.25, 0.3) is 0 Å². The van der Waals surface area contributed by atoms with E-state index in [0.717, 1.165) is 17.3 Å². The maximum atomic E-state index is 12.5. The molecule has 1 aliphatic rings. The minimum absolute atomic E-state index is 0.0259. The lowest BCUT2D eigenvalue weighted by Crippen LogP contribution is -2.26. The molecule has 0 radical (unpaired) electrons. The fraction of sp³-hybridized carbons (Fsp3) is 0.200. The second kappa shape index (κ2) is 9.11. The molecule has 1 aliphatic heterocycles. The van der Waals surface area contributed by atoms with Crippen molar-refractivity contribution < 1.29 is 19.4 Å². The summed E-state index contributed by atoms with van der Waals surface area (Å²) in [5.41, 5.74) is 2.00. The maximum absolute atomic E-state index is 12.5. The number of carbonyl (C=O) groups excluding carboxylic acids is 2. The number of methoxy groups -OCH3 is 1. The van der Waals surface area contributed by atoms with E-state index in [4.69, 9.17) is 16.3 Å². The van der Waals surface area contributed by atoms with Gasteiger partial charge in [-0.25, -0.2) is 0 Å². The monoisotopic (exact) mass is 431 g/mol. The normalized spacial score (nSPS) is 17.7. The lowest BCUT2D eigenvalue weighted by atomic mass is 10.0. The highest BCUT2D eigenvalue weighted by Crippen LogP contribution is 2.26. The Morgan fingerprint density at radius 2 is 2.14 bits per heavy atom. The van der Waals surface area contributed by atoms with Crippen molar-refractivity contribution in [2.45, 2.75) is 18.6 Å². The van der Waals surface area contributed by atoms with Gasteiger partial charge in [-0.15, -0.1) is 5.10 Å². The molecule has 0 spiro atoms. The van der Waals surface area contributed by atoms with Gasteiger partial charge in [0, 0.05) is 17.0 Å². The standard InChI is InChI=1S/C20H18ClN3O4S/c1-11-7-13(4-5-14(11)21)16(26)9-18-19(27)23-20(29-18)24-22-10-12-3-6-15(25)17(8-12)28-2/h3-8,10,18,25H,9H2,1-2H3,(H,23,24,27)/b22-10+. The lowest BCUT2D eigenvalue weighted by molar-refractivity contribution is -0.118. The van der Waals surface area contributed by atoms with Crippen LogP contribution < -0.4 is 10.1 Å². The van der Waals surface area contributed by atoms with Crippen LogP contribution in [0.5, 0.6) is 11.5 Å². The van der Waals surface area contributed by atoms with Crippen LogP contribution in [0.2, 0.25) is 5.02 Å². The maximum Gasteiger partial charge on any atom is 0.240 e. The first kappa shape index (κ1) is 20.9. The van der Waals surface area contributed by atoms with Crippen LogP contribution in [0.3, 0.4) is 0 Å². The largest absolute Gasteiger partial charge is 0.504 e. The molecule has 2 N–H and O–H groups in total.